The molecule has 158 valence electrons. The third kappa shape index (κ3) is 5.24. The van der Waals surface area contributed by atoms with E-state index < -0.39 is 0 Å². The molecule has 2 aromatic heterocycles. The molecule has 5 nitrogen and oxygen atoms in total. The molecule has 4 aromatic rings. The van der Waals surface area contributed by atoms with E-state index >= 15 is 0 Å². The fraction of sp³-hybridized carbons (Fsp3) is 0.208. The van der Waals surface area contributed by atoms with E-state index in [0.717, 1.165) is 22.4 Å². The molecule has 1 atom stereocenters. The molecule has 0 spiro atoms. The normalized spacial score (nSPS) is 12.0. The van der Waals surface area contributed by atoms with E-state index in [9.17, 15) is 9.59 Å². The maximum absolute atomic E-state index is 12.7. The van der Waals surface area contributed by atoms with Crippen LogP contribution in [0.4, 0.5) is 0 Å². The molecular weight excluding hydrogens is 426 g/mol. The third-order valence-electron chi connectivity index (χ3n) is 4.97. The Morgan fingerprint density at radius 1 is 1.13 bits per heavy atom. The highest BCUT2D eigenvalue weighted by molar-refractivity contribution is 7.99. The van der Waals surface area contributed by atoms with Crippen molar-refractivity contribution in [2.45, 2.75) is 24.3 Å². The predicted molar refractivity (Wildman–Crippen MR) is 130 cm³/mol. The summed E-state index contributed by atoms with van der Waals surface area (Å²) < 4.78 is 0. The van der Waals surface area contributed by atoms with Gasteiger partial charge in [0, 0.05) is 17.5 Å². The van der Waals surface area contributed by atoms with Crippen molar-refractivity contribution in [3.63, 3.8) is 0 Å². The van der Waals surface area contributed by atoms with Crippen LogP contribution < -0.4 is 10.9 Å². The summed E-state index contributed by atoms with van der Waals surface area (Å²) in [4.78, 5) is 33.3. The zero-order chi connectivity index (χ0) is 21.6. The van der Waals surface area contributed by atoms with Crippen molar-refractivity contribution in [1.29, 1.82) is 0 Å². The molecule has 2 heterocycles. The zero-order valence-corrected chi connectivity index (χ0v) is 18.8. The van der Waals surface area contributed by atoms with Gasteiger partial charge in [-0.05, 0) is 24.5 Å². The Hall–Kier alpha value is -2.90. The van der Waals surface area contributed by atoms with Crippen LogP contribution in [0.5, 0.6) is 0 Å². The number of amides is 1. The number of nitrogens with one attached hydrogen (secondary N) is 2. The van der Waals surface area contributed by atoms with Gasteiger partial charge in [0.1, 0.15) is 10.7 Å². The van der Waals surface area contributed by atoms with E-state index in [0.29, 0.717) is 23.5 Å². The monoisotopic (exact) mass is 449 g/mol. The smallest absolute Gasteiger partial charge is 0.260 e. The van der Waals surface area contributed by atoms with Crippen LogP contribution in [0.15, 0.2) is 70.8 Å². The first-order valence-corrected chi connectivity index (χ1v) is 12.0. The molecule has 0 saturated carbocycles. The van der Waals surface area contributed by atoms with Crippen LogP contribution in [0, 0.1) is 0 Å². The number of hydrogen-bond donors (Lipinski definition) is 2. The van der Waals surface area contributed by atoms with Gasteiger partial charge in [0.2, 0.25) is 5.91 Å². The Morgan fingerprint density at radius 2 is 1.84 bits per heavy atom. The summed E-state index contributed by atoms with van der Waals surface area (Å²) in [5.74, 6) is 1.05. The van der Waals surface area contributed by atoms with Crippen molar-refractivity contribution in [3.05, 3.63) is 87.8 Å². The molecule has 0 aliphatic heterocycles. The van der Waals surface area contributed by atoms with Crippen molar-refractivity contribution in [2.24, 2.45) is 0 Å². The third-order valence-corrected chi connectivity index (χ3v) is 7.00. The highest BCUT2D eigenvalue weighted by atomic mass is 32.2. The number of thiophene rings is 1. The summed E-state index contributed by atoms with van der Waals surface area (Å²) in [5.41, 5.74) is 2.97. The van der Waals surface area contributed by atoms with E-state index in [1.165, 1.54) is 28.7 Å². The lowest BCUT2D eigenvalue weighted by Gasteiger charge is -2.12. The van der Waals surface area contributed by atoms with Gasteiger partial charge in [-0.15, -0.1) is 23.1 Å². The maximum atomic E-state index is 12.7. The van der Waals surface area contributed by atoms with Crippen LogP contribution >= 0.6 is 23.1 Å². The zero-order valence-electron chi connectivity index (χ0n) is 17.1. The second-order valence-electron chi connectivity index (χ2n) is 7.19. The van der Waals surface area contributed by atoms with Crippen LogP contribution in [0.2, 0.25) is 0 Å². The molecule has 0 aliphatic rings. The van der Waals surface area contributed by atoms with Crippen molar-refractivity contribution in [1.82, 2.24) is 15.3 Å². The van der Waals surface area contributed by atoms with Gasteiger partial charge < -0.3 is 10.3 Å². The van der Waals surface area contributed by atoms with Gasteiger partial charge in [0.05, 0.1) is 16.4 Å². The highest BCUT2D eigenvalue weighted by Gasteiger charge is 2.16. The molecule has 1 amide bonds. The summed E-state index contributed by atoms with van der Waals surface area (Å²) in [6, 6.07) is 19.9. The standard InChI is InChI=1S/C24H23N3O2S2/c1-16(22(28)25-13-12-17-8-4-2-5-9-17)30-15-20-26-23(29)21-19(14-31-24(21)27-20)18-10-6-3-7-11-18/h2-11,14,16H,12-13,15H2,1H3,(H,25,28)(H,26,27,29). The van der Waals surface area contributed by atoms with Gasteiger partial charge >= 0.3 is 0 Å². The minimum Gasteiger partial charge on any atom is -0.355 e. The molecule has 4 rings (SSSR count). The average molecular weight is 450 g/mol. The molecule has 0 saturated heterocycles. The molecule has 2 aromatic carbocycles. The number of fused-ring (bicyclic) bond motifs is 1. The summed E-state index contributed by atoms with van der Waals surface area (Å²) in [7, 11) is 0. The van der Waals surface area contributed by atoms with Crippen LogP contribution in [0.25, 0.3) is 21.3 Å². The van der Waals surface area contributed by atoms with Crippen molar-refractivity contribution >= 4 is 39.2 Å². The number of rotatable bonds is 8. The molecule has 1 unspecified atom stereocenters. The molecule has 0 radical (unpaired) electrons. The number of carbonyl (C=O) groups is 1. The predicted octanol–water partition coefficient (Wildman–Crippen LogP) is 4.63. The van der Waals surface area contributed by atoms with E-state index in [1.54, 1.807) is 0 Å². The summed E-state index contributed by atoms with van der Waals surface area (Å²) in [6.45, 7) is 2.48. The Morgan fingerprint density at radius 3 is 2.58 bits per heavy atom. The van der Waals surface area contributed by atoms with Crippen LogP contribution in [-0.4, -0.2) is 27.7 Å². The van der Waals surface area contributed by atoms with Gasteiger partial charge in [-0.2, -0.15) is 0 Å². The molecule has 7 heteroatoms. The molecule has 0 aliphatic carbocycles. The minimum atomic E-state index is -0.236. The van der Waals surface area contributed by atoms with Gasteiger partial charge in [-0.1, -0.05) is 60.7 Å². The van der Waals surface area contributed by atoms with Gasteiger partial charge in [0.25, 0.3) is 5.56 Å². The van der Waals surface area contributed by atoms with E-state index in [2.05, 4.69) is 27.4 Å². The number of thioether (sulfide) groups is 1. The summed E-state index contributed by atoms with van der Waals surface area (Å²) in [5, 5.41) is 5.34. The Balaban J connectivity index is 1.36. The van der Waals surface area contributed by atoms with Crippen LogP contribution in [-0.2, 0) is 17.0 Å². The fourth-order valence-electron chi connectivity index (χ4n) is 3.29. The number of aromatic amines is 1. The highest BCUT2D eigenvalue weighted by Crippen LogP contribution is 2.30. The Kier molecular flexibility index (Phi) is 6.84. The minimum absolute atomic E-state index is 0.00755. The number of H-pyrrole nitrogens is 1. The largest absolute Gasteiger partial charge is 0.355 e. The van der Waals surface area contributed by atoms with E-state index in [1.807, 2.05) is 60.8 Å². The average Bonchev–Trinajstić information content (AvgIpc) is 3.23. The molecule has 2 N–H and O–H groups in total. The first-order chi connectivity index (χ1) is 15.1. The Labute approximate surface area is 188 Å². The molecule has 0 fully saturated rings. The van der Waals surface area contributed by atoms with Gasteiger partial charge in [-0.25, -0.2) is 4.98 Å². The number of nitrogens with zero attached hydrogens (tertiary/aromatic N) is 1. The fourth-order valence-corrected chi connectivity index (χ4v) is 5.04. The van der Waals surface area contributed by atoms with E-state index in [4.69, 9.17) is 0 Å². The van der Waals surface area contributed by atoms with Crippen molar-refractivity contribution in [2.75, 3.05) is 6.54 Å². The van der Waals surface area contributed by atoms with Crippen LogP contribution in [0.3, 0.4) is 0 Å². The topological polar surface area (TPSA) is 74.8 Å². The van der Waals surface area contributed by atoms with Crippen molar-refractivity contribution < 1.29 is 4.79 Å². The lowest BCUT2D eigenvalue weighted by atomic mass is 10.1. The lowest BCUT2D eigenvalue weighted by molar-refractivity contribution is -0.120. The van der Waals surface area contributed by atoms with Gasteiger partial charge in [-0.3, -0.25) is 9.59 Å². The number of aromatic nitrogens is 2. The Bertz CT molecular complexity index is 1220. The van der Waals surface area contributed by atoms with Crippen LogP contribution in [0.1, 0.15) is 18.3 Å². The van der Waals surface area contributed by atoms with Crippen molar-refractivity contribution in [3.8, 4) is 11.1 Å². The first-order valence-electron chi connectivity index (χ1n) is 10.1. The summed E-state index contributed by atoms with van der Waals surface area (Å²) in [6.07, 6.45) is 0.803. The lowest BCUT2D eigenvalue weighted by Crippen LogP contribution is -2.32. The van der Waals surface area contributed by atoms with E-state index in [-0.39, 0.29) is 16.7 Å². The number of carbonyl (C=O) groups excluding carboxylic acids is 1. The maximum Gasteiger partial charge on any atom is 0.260 e. The molecule has 0 bridgehead atoms. The first kappa shape index (κ1) is 21.3. The SMILES string of the molecule is CC(SCc1nc2scc(-c3ccccc3)c2c(=O)[nH]1)C(=O)NCCc1ccccc1. The number of benzene rings is 2. The second kappa shape index (κ2) is 9.94. The quantitative estimate of drug-likeness (QED) is 0.411. The second-order valence-corrected chi connectivity index (χ2v) is 9.38. The van der Waals surface area contributed by atoms with Gasteiger partial charge in [0.15, 0.2) is 0 Å². The summed E-state index contributed by atoms with van der Waals surface area (Å²) >= 11 is 2.93. The number of hydrogen-bond acceptors (Lipinski definition) is 5. The molecule has 31 heavy (non-hydrogen) atoms. The molecular formula is C24H23N3O2S2.